The van der Waals surface area contributed by atoms with Crippen LogP contribution < -0.4 is 10.4 Å². The van der Waals surface area contributed by atoms with E-state index < -0.39 is 0 Å². The number of para-hydroxylation sites is 1. The average molecular weight is 537 g/mol. The van der Waals surface area contributed by atoms with Crippen LogP contribution in [0.25, 0.3) is 22.8 Å². The van der Waals surface area contributed by atoms with Crippen LogP contribution in [0.1, 0.15) is 18.0 Å². The molecule has 3 heterocycles. The van der Waals surface area contributed by atoms with Gasteiger partial charge >= 0.3 is 5.69 Å². The first-order valence-corrected chi connectivity index (χ1v) is 13.1. The van der Waals surface area contributed by atoms with Gasteiger partial charge < -0.3 is 9.64 Å². The summed E-state index contributed by atoms with van der Waals surface area (Å²) in [7, 11) is 0. The molecular weight excluding hydrogens is 512 g/mol. The second-order valence-corrected chi connectivity index (χ2v) is 9.76. The minimum atomic E-state index is -0.204. The molecule has 0 spiro atoms. The molecule has 1 amide bonds. The van der Waals surface area contributed by atoms with Gasteiger partial charge in [-0.05, 0) is 54.5 Å². The largest absolute Gasteiger partial charge is 0.456 e. The van der Waals surface area contributed by atoms with E-state index in [0.717, 1.165) is 11.1 Å². The lowest BCUT2D eigenvalue weighted by atomic mass is 10.2. The molecule has 0 saturated carbocycles. The number of fused-ring (bicyclic) bond motifs is 1. The van der Waals surface area contributed by atoms with Crippen molar-refractivity contribution in [2.75, 3.05) is 13.1 Å². The number of likely N-dealkylation sites (tertiary alicyclic amines) is 1. The molecule has 0 bridgehead atoms. The summed E-state index contributed by atoms with van der Waals surface area (Å²) in [6.45, 7) is 1.02. The zero-order chi connectivity index (χ0) is 26.8. The highest BCUT2D eigenvalue weighted by molar-refractivity contribution is 6.32. The van der Waals surface area contributed by atoms with Crippen LogP contribution in [0.15, 0.2) is 108 Å². The Morgan fingerprint density at radius 3 is 2.51 bits per heavy atom. The van der Waals surface area contributed by atoms with Gasteiger partial charge in [0.1, 0.15) is 11.5 Å². The molecule has 0 aliphatic carbocycles. The highest BCUT2D eigenvalue weighted by atomic mass is 35.5. The Morgan fingerprint density at radius 1 is 0.974 bits per heavy atom. The van der Waals surface area contributed by atoms with E-state index in [1.807, 2.05) is 72.8 Å². The first kappa shape index (κ1) is 24.7. The molecule has 1 aliphatic heterocycles. The summed E-state index contributed by atoms with van der Waals surface area (Å²) in [4.78, 5) is 32.8. The monoisotopic (exact) mass is 536 g/mol. The zero-order valence-electron chi connectivity index (χ0n) is 21.0. The fourth-order valence-corrected chi connectivity index (χ4v) is 5.20. The van der Waals surface area contributed by atoms with Crippen molar-refractivity contribution in [2.45, 2.75) is 12.5 Å². The Balaban J connectivity index is 1.29. The van der Waals surface area contributed by atoms with Gasteiger partial charge in [-0.25, -0.2) is 4.79 Å². The molecule has 194 valence electrons. The van der Waals surface area contributed by atoms with Crippen molar-refractivity contribution in [3.05, 3.63) is 124 Å². The molecule has 39 heavy (non-hydrogen) atoms. The number of pyridine rings is 1. The second kappa shape index (κ2) is 10.6. The zero-order valence-corrected chi connectivity index (χ0v) is 21.7. The average Bonchev–Trinajstić information content (AvgIpc) is 3.56. The topological polar surface area (TPSA) is 69.4 Å². The number of carbonyl (C=O) groups is 1. The van der Waals surface area contributed by atoms with E-state index in [1.54, 1.807) is 50.7 Å². The summed E-state index contributed by atoms with van der Waals surface area (Å²) < 4.78 is 9.29. The molecule has 0 radical (unpaired) electrons. The van der Waals surface area contributed by atoms with Crippen LogP contribution in [0.4, 0.5) is 0 Å². The molecule has 1 saturated heterocycles. The van der Waals surface area contributed by atoms with E-state index in [9.17, 15) is 9.59 Å². The van der Waals surface area contributed by atoms with Gasteiger partial charge in [0.25, 0.3) is 0 Å². The minimum absolute atomic E-state index is 0.0689. The molecule has 1 atom stereocenters. The Hall–Kier alpha value is -4.62. The maximum atomic E-state index is 13.9. The summed E-state index contributed by atoms with van der Waals surface area (Å²) in [5.74, 6) is 1.10. The minimum Gasteiger partial charge on any atom is -0.456 e. The van der Waals surface area contributed by atoms with Gasteiger partial charge in [0.15, 0.2) is 0 Å². The molecule has 5 aromatic rings. The van der Waals surface area contributed by atoms with Gasteiger partial charge in [0, 0.05) is 25.4 Å². The van der Waals surface area contributed by atoms with E-state index in [4.69, 9.17) is 16.3 Å². The fourth-order valence-electron chi connectivity index (χ4n) is 4.99. The normalized spacial score (nSPS) is 15.3. The van der Waals surface area contributed by atoms with E-state index in [-0.39, 0.29) is 17.6 Å². The van der Waals surface area contributed by atoms with Crippen LogP contribution >= 0.6 is 11.6 Å². The molecule has 1 fully saturated rings. The van der Waals surface area contributed by atoms with Crippen molar-refractivity contribution in [3.8, 4) is 17.2 Å². The standard InChI is InChI=1S/C31H25ClN4O3/c32-26-19-23(12-13-29(26)39-25-9-5-2-6-10-25)35-28-20-33-17-15-27(28)36(31(35)38)24-16-18-34(21-24)30(37)14-11-22-7-3-1-4-8-22/h1-15,17,19-20,24H,16,18,21H2. The molecule has 0 N–H and O–H groups in total. The quantitative estimate of drug-likeness (QED) is 0.245. The number of nitrogens with zero attached hydrogens (tertiary/aromatic N) is 4. The highest BCUT2D eigenvalue weighted by Crippen LogP contribution is 2.32. The van der Waals surface area contributed by atoms with E-state index in [1.165, 1.54) is 0 Å². The Kier molecular flexibility index (Phi) is 6.73. The number of halogens is 1. The number of hydrogen-bond acceptors (Lipinski definition) is 4. The van der Waals surface area contributed by atoms with Crippen LogP contribution in [-0.4, -0.2) is 38.0 Å². The third-order valence-corrected chi connectivity index (χ3v) is 7.17. The van der Waals surface area contributed by atoms with Crippen molar-refractivity contribution < 1.29 is 9.53 Å². The Morgan fingerprint density at radius 2 is 1.74 bits per heavy atom. The summed E-state index contributed by atoms with van der Waals surface area (Å²) in [6, 6.07) is 26.0. The Labute approximate surface area is 230 Å². The molecular formula is C31H25ClN4O3. The number of ether oxygens (including phenoxy) is 1. The van der Waals surface area contributed by atoms with Crippen LogP contribution in [0, 0.1) is 0 Å². The number of imidazole rings is 1. The lowest BCUT2D eigenvalue weighted by Gasteiger charge is -2.15. The van der Waals surface area contributed by atoms with Gasteiger partial charge in [-0.15, -0.1) is 0 Å². The highest BCUT2D eigenvalue weighted by Gasteiger charge is 2.30. The van der Waals surface area contributed by atoms with Gasteiger partial charge in [-0.1, -0.05) is 60.1 Å². The first-order chi connectivity index (χ1) is 19.1. The molecule has 1 unspecified atom stereocenters. The number of rotatable bonds is 6. The summed E-state index contributed by atoms with van der Waals surface area (Å²) in [5, 5.41) is 0.385. The van der Waals surface area contributed by atoms with Gasteiger partial charge in [-0.2, -0.15) is 0 Å². The van der Waals surface area contributed by atoms with Crippen molar-refractivity contribution in [1.29, 1.82) is 0 Å². The van der Waals surface area contributed by atoms with Crippen LogP contribution in [0.3, 0.4) is 0 Å². The van der Waals surface area contributed by atoms with Crippen molar-refractivity contribution in [1.82, 2.24) is 19.0 Å². The number of hydrogen-bond donors (Lipinski definition) is 0. The maximum absolute atomic E-state index is 13.9. The third-order valence-electron chi connectivity index (χ3n) is 6.88. The summed E-state index contributed by atoms with van der Waals surface area (Å²) in [6.07, 6.45) is 7.43. The molecule has 2 aromatic heterocycles. The van der Waals surface area contributed by atoms with Crippen LogP contribution in [0.5, 0.6) is 11.5 Å². The number of benzene rings is 3. The number of amides is 1. The Bertz CT molecular complexity index is 1730. The molecule has 8 heteroatoms. The second-order valence-electron chi connectivity index (χ2n) is 9.35. The lowest BCUT2D eigenvalue weighted by molar-refractivity contribution is -0.125. The van der Waals surface area contributed by atoms with Gasteiger partial charge in [0.2, 0.25) is 5.91 Å². The molecule has 7 nitrogen and oxygen atoms in total. The smallest absolute Gasteiger partial charge is 0.334 e. The predicted molar refractivity (Wildman–Crippen MR) is 153 cm³/mol. The van der Waals surface area contributed by atoms with Crippen LogP contribution in [-0.2, 0) is 4.79 Å². The van der Waals surface area contributed by atoms with Gasteiger partial charge in [0.05, 0.1) is 34.0 Å². The maximum Gasteiger partial charge on any atom is 0.334 e. The van der Waals surface area contributed by atoms with Gasteiger partial charge in [-0.3, -0.25) is 18.9 Å². The number of carbonyl (C=O) groups excluding carboxylic acids is 1. The lowest BCUT2D eigenvalue weighted by Crippen LogP contribution is -2.31. The molecule has 6 rings (SSSR count). The summed E-state index contributed by atoms with van der Waals surface area (Å²) >= 11 is 6.58. The van der Waals surface area contributed by atoms with E-state index in [2.05, 4.69) is 4.98 Å². The van der Waals surface area contributed by atoms with Crippen molar-refractivity contribution in [3.63, 3.8) is 0 Å². The first-order valence-electron chi connectivity index (χ1n) is 12.7. The molecule has 1 aliphatic rings. The van der Waals surface area contributed by atoms with Crippen molar-refractivity contribution in [2.24, 2.45) is 0 Å². The number of aromatic nitrogens is 3. The van der Waals surface area contributed by atoms with Crippen molar-refractivity contribution >= 4 is 34.6 Å². The SMILES string of the molecule is O=C(C=Cc1ccccc1)N1CCC(n2c(=O)n(-c3ccc(Oc4ccccc4)c(Cl)c3)c3cnccc32)C1. The third kappa shape index (κ3) is 4.96. The fraction of sp³-hybridized carbons (Fsp3) is 0.129. The molecule has 3 aromatic carbocycles. The predicted octanol–water partition coefficient (Wildman–Crippen LogP) is 6.12. The van der Waals surface area contributed by atoms with Crippen LogP contribution in [0.2, 0.25) is 5.02 Å². The summed E-state index contributed by atoms with van der Waals surface area (Å²) in [5.41, 5.74) is 2.80. The van der Waals surface area contributed by atoms with E-state index >= 15 is 0 Å². The van der Waals surface area contributed by atoms with E-state index in [0.29, 0.717) is 47.2 Å².